The molecule has 0 radical (unpaired) electrons. The first-order valence-electron chi connectivity index (χ1n) is 14.4. The Morgan fingerprint density at radius 3 is 2.17 bits per heavy atom. The second-order valence-electron chi connectivity index (χ2n) is 10.2. The molecule has 0 bridgehead atoms. The van der Waals surface area contributed by atoms with Gasteiger partial charge in [-0.05, 0) is 37.1 Å². The fourth-order valence-corrected chi connectivity index (χ4v) is 5.24. The highest BCUT2D eigenvalue weighted by Gasteiger charge is 2.30. The fraction of sp³-hybridized carbons (Fsp3) is 0.229. The van der Waals surface area contributed by atoms with Crippen LogP contribution >= 0.6 is 0 Å². The predicted molar refractivity (Wildman–Crippen MR) is 170 cm³/mol. The molecule has 1 aliphatic heterocycles. The van der Waals surface area contributed by atoms with E-state index >= 15 is 0 Å². The maximum absolute atomic E-state index is 13.3. The lowest BCUT2D eigenvalue weighted by Crippen LogP contribution is -2.49. The van der Waals surface area contributed by atoms with Crippen LogP contribution in [0.15, 0.2) is 97.1 Å². The van der Waals surface area contributed by atoms with Gasteiger partial charge in [-0.2, -0.15) is 0 Å². The summed E-state index contributed by atoms with van der Waals surface area (Å²) in [6.07, 6.45) is 4.35. The number of aryl methyl sites for hydroxylation is 1. The van der Waals surface area contributed by atoms with E-state index in [0.717, 1.165) is 30.9 Å². The summed E-state index contributed by atoms with van der Waals surface area (Å²) in [5, 5.41) is 13.0. The van der Waals surface area contributed by atoms with E-state index in [9.17, 15) is 10.2 Å². The van der Waals surface area contributed by atoms with Crippen LogP contribution < -0.4 is 5.32 Å². The largest absolute Gasteiger partial charge is 0.462 e. The van der Waals surface area contributed by atoms with Gasteiger partial charge >= 0.3 is 5.97 Å². The van der Waals surface area contributed by atoms with E-state index in [1.165, 1.54) is 5.56 Å². The summed E-state index contributed by atoms with van der Waals surface area (Å²) in [7, 11) is 0. The molecule has 1 saturated heterocycles. The second-order valence-corrected chi connectivity index (χ2v) is 10.2. The number of piperazine rings is 1. The number of aromatic nitrogens is 1. The number of rotatable bonds is 9. The minimum absolute atomic E-state index is 0.254. The van der Waals surface area contributed by atoms with Gasteiger partial charge in [0.25, 0.3) is 0 Å². The molecule has 0 spiro atoms. The molecule has 0 aliphatic carbocycles. The molecule has 0 atom stereocenters. The van der Waals surface area contributed by atoms with Crippen molar-refractivity contribution < 1.29 is 9.53 Å². The summed E-state index contributed by atoms with van der Waals surface area (Å²) >= 11 is 0. The first-order chi connectivity index (χ1) is 20.5. The van der Waals surface area contributed by atoms with Crippen molar-refractivity contribution in [3.63, 3.8) is 0 Å². The number of carbonyl (C=O) groups excluding carboxylic acids is 1. The van der Waals surface area contributed by atoms with E-state index < -0.39 is 5.97 Å². The summed E-state index contributed by atoms with van der Waals surface area (Å²) in [5.41, 5.74) is 5.09. The number of amidine groups is 1. The average Bonchev–Trinajstić information content (AvgIpc) is 3.02. The van der Waals surface area contributed by atoms with Crippen LogP contribution in [0, 0.1) is 12.3 Å². The van der Waals surface area contributed by atoms with E-state index in [2.05, 4.69) is 39.4 Å². The van der Waals surface area contributed by atoms with Gasteiger partial charge in [-0.25, -0.2) is 9.78 Å². The maximum atomic E-state index is 13.3. The molecule has 2 N–H and O–H groups in total. The number of nitrogens with zero attached hydrogens (tertiary/aromatic N) is 3. The Labute approximate surface area is 248 Å². The Bertz CT molecular complexity index is 1530. The molecule has 7 nitrogen and oxygen atoms in total. The molecule has 5 rings (SSSR count). The van der Waals surface area contributed by atoms with E-state index in [4.69, 9.17) is 9.72 Å². The number of anilines is 2. The molecule has 0 saturated carbocycles. The van der Waals surface area contributed by atoms with Crippen molar-refractivity contribution >= 4 is 29.4 Å². The molecule has 4 aromatic rings. The summed E-state index contributed by atoms with van der Waals surface area (Å²) in [6, 6.07) is 29.9. The summed E-state index contributed by atoms with van der Waals surface area (Å²) in [5.74, 6) is 0.449. The van der Waals surface area contributed by atoms with E-state index in [0.29, 0.717) is 47.1 Å². The maximum Gasteiger partial charge on any atom is 0.340 e. The standard InChI is InChI=1S/C35H37N5O2/c1-3-42-35(41)30-26(2)37-34(38-29-19-11-6-12-20-29)32(31(30)28-17-9-5-10-18-28)33(36)40-24-22-39(23-25-40)21-13-16-27-14-7-4-8-15-27/h4-20,36H,3,21-25H2,1-2H3,(H,37,38)/b16-13+,36-33?. The normalized spacial score (nSPS) is 13.7. The van der Waals surface area contributed by atoms with Gasteiger partial charge in [0.2, 0.25) is 0 Å². The third-order valence-corrected chi connectivity index (χ3v) is 7.36. The molecule has 7 heteroatoms. The highest BCUT2D eigenvalue weighted by molar-refractivity contribution is 6.12. The number of para-hydroxylation sites is 1. The van der Waals surface area contributed by atoms with Crippen LogP contribution in [0.4, 0.5) is 11.5 Å². The van der Waals surface area contributed by atoms with Crippen molar-refractivity contribution in [1.82, 2.24) is 14.8 Å². The first-order valence-corrected chi connectivity index (χ1v) is 14.4. The van der Waals surface area contributed by atoms with Gasteiger partial charge in [0.15, 0.2) is 0 Å². The molecule has 214 valence electrons. The first kappa shape index (κ1) is 28.8. The molecule has 1 aliphatic rings. The van der Waals surface area contributed by atoms with Gasteiger partial charge in [-0.3, -0.25) is 10.3 Å². The molecule has 2 heterocycles. The van der Waals surface area contributed by atoms with Gasteiger partial charge in [-0.15, -0.1) is 0 Å². The summed E-state index contributed by atoms with van der Waals surface area (Å²) < 4.78 is 5.50. The van der Waals surface area contributed by atoms with Gasteiger partial charge in [0.05, 0.1) is 23.4 Å². The number of benzene rings is 3. The van der Waals surface area contributed by atoms with Crippen molar-refractivity contribution in [2.24, 2.45) is 0 Å². The van der Waals surface area contributed by atoms with Gasteiger partial charge in [0, 0.05) is 44.0 Å². The number of hydrogen-bond donors (Lipinski definition) is 2. The highest BCUT2D eigenvalue weighted by atomic mass is 16.5. The monoisotopic (exact) mass is 559 g/mol. The Hall–Kier alpha value is -4.75. The lowest BCUT2D eigenvalue weighted by atomic mass is 9.92. The quantitative estimate of drug-likeness (QED) is 0.136. The van der Waals surface area contributed by atoms with Crippen molar-refractivity contribution in [3.05, 3.63) is 119 Å². The molecule has 3 aromatic carbocycles. The number of ether oxygens (including phenoxy) is 1. The van der Waals surface area contributed by atoms with Crippen LogP contribution in [0.2, 0.25) is 0 Å². The van der Waals surface area contributed by atoms with E-state index in [1.807, 2.05) is 85.8 Å². The second kappa shape index (κ2) is 13.7. The zero-order valence-corrected chi connectivity index (χ0v) is 24.2. The van der Waals surface area contributed by atoms with Crippen LogP contribution in [-0.4, -0.2) is 65.9 Å². The Balaban J connectivity index is 1.48. The molecule has 0 unspecified atom stereocenters. The van der Waals surface area contributed by atoms with Crippen molar-refractivity contribution in [1.29, 1.82) is 5.41 Å². The van der Waals surface area contributed by atoms with Crippen molar-refractivity contribution in [3.8, 4) is 11.1 Å². The molecular formula is C35H37N5O2. The van der Waals surface area contributed by atoms with Crippen molar-refractivity contribution in [2.45, 2.75) is 13.8 Å². The third-order valence-electron chi connectivity index (χ3n) is 7.36. The number of pyridine rings is 1. The number of esters is 1. The van der Waals surface area contributed by atoms with Crippen LogP contribution in [0.3, 0.4) is 0 Å². The molecule has 42 heavy (non-hydrogen) atoms. The minimum Gasteiger partial charge on any atom is -0.462 e. The average molecular weight is 560 g/mol. The van der Waals surface area contributed by atoms with Crippen LogP contribution in [0.25, 0.3) is 17.2 Å². The van der Waals surface area contributed by atoms with Crippen molar-refractivity contribution in [2.75, 3.05) is 44.6 Å². The third kappa shape index (κ3) is 6.75. The lowest BCUT2D eigenvalue weighted by molar-refractivity contribution is 0.0526. The highest BCUT2D eigenvalue weighted by Crippen LogP contribution is 2.36. The molecule has 1 aromatic heterocycles. The molecule has 1 fully saturated rings. The summed E-state index contributed by atoms with van der Waals surface area (Å²) in [6.45, 7) is 7.77. The Morgan fingerprint density at radius 1 is 0.905 bits per heavy atom. The number of carbonyl (C=O) groups is 1. The SMILES string of the molecule is CCOC(=O)c1c(C)nc(Nc2ccccc2)c(C(=N)N2CCN(C/C=C/c3ccccc3)CC2)c1-c1ccccc1. The number of hydrogen-bond acceptors (Lipinski definition) is 6. The summed E-state index contributed by atoms with van der Waals surface area (Å²) in [4.78, 5) is 22.7. The van der Waals surface area contributed by atoms with E-state index in [-0.39, 0.29) is 6.61 Å². The fourth-order valence-electron chi connectivity index (χ4n) is 5.24. The topological polar surface area (TPSA) is 81.5 Å². The number of nitrogens with one attached hydrogen (secondary N) is 2. The smallest absolute Gasteiger partial charge is 0.340 e. The van der Waals surface area contributed by atoms with Crippen LogP contribution in [-0.2, 0) is 4.74 Å². The lowest BCUT2D eigenvalue weighted by Gasteiger charge is -2.36. The van der Waals surface area contributed by atoms with Gasteiger partial charge in [-0.1, -0.05) is 91.0 Å². The molecular weight excluding hydrogens is 522 g/mol. The minimum atomic E-state index is -0.434. The van der Waals surface area contributed by atoms with E-state index in [1.54, 1.807) is 6.92 Å². The zero-order valence-electron chi connectivity index (χ0n) is 24.2. The molecule has 0 amide bonds. The van der Waals surface area contributed by atoms with Crippen LogP contribution in [0.5, 0.6) is 0 Å². The Morgan fingerprint density at radius 2 is 1.52 bits per heavy atom. The van der Waals surface area contributed by atoms with Gasteiger partial charge < -0.3 is 15.0 Å². The van der Waals surface area contributed by atoms with Crippen LogP contribution in [0.1, 0.15) is 34.1 Å². The predicted octanol–water partition coefficient (Wildman–Crippen LogP) is 6.63. The Kier molecular flexibility index (Phi) is 9.41. The van der Waals surface area contributed by atoms with Gasteiger partial charge in [0.1, 0.15) is 11.7 Å². The zero-order chi connectivity index (χ0) is 29.3.